The van der Waals surface area contributed by atoms with Crippen LogP contribution in [-0.2, 0) is 24.3 Å². The summed E-state index contributed by atoms with van der Waals surface area (Å²) in [7, 11) is -3.27. The van der Waals surface area contributed by atoms with Gasteiger partial charge in [-0.1, -0.05) is 6.42 Å². The molecule has 1 amide bonds. The number of hydrogen-bond acceptors (Lipinski definition) is 5. The Labute approximate surface area is 138 Å². The largest absolute Gasteiger partial charge is 0.464 e. The average molecular weight is 346 g/mol. The van der Waals surface area contributed by atoms with Crippen LogP contribution in [0.1, 0.15) is 38.5 Å². The van der Waals surface area contributed by atoms with Crippen molar-refractivity contribution in [3.8, 4) is 0 Å². The van der Waals surface area contributed by atoms with Gasteiger partial charge in [0.05, 0.1) is 18.7 Å². The number of amides is 1. The van der Waals surface area contributed by atoms with Gasteiger partial charge < -0.3 is 9.64 Å². The van der Waals surface area contributed by atoms with Crippen molar-refractivity contribution in [3.05, 3.63) is 0 Å². The standard InChI is InChI=1S/C15H26N2O5S/c1-23(20,21)17-9-5-6-13(12-17)15(19)22-11-10-16-8-4-2-3-7-14(16)18/h13H,2-12H2,1H3/t13-/m1/s1. The van der Waals surface area contributed by atoms with E-state index in [1.54, 1.807) is 4.90 Å². The fourth-order valence-electron chi connectivity index (χ4n) is 3.09. The molecule has 2 saturated heterocycles. The number of ether oxygens (including phenoxy) is 1. The van der Waals surface area contributed by atoms with Gasteiger partial charge in [0.2, 0.25) is 15.9 Å². The predicted molar refractivity (Wildman–Crippen MR) is 85.1 cm³/mol. The van der Waals surface area contributed by atoms with Crippen molar-refractivity contribution in [2.75, 3.05) is 39.0 Å². The lowest BCUT2D eigenvalue weighted by atomic mass is 10.0. The minimum absolute atomic E-state index is 0.125. The third-order valence-electron chi connectivity index (χ3n) is 4.46. The van der Waals surface area contributed by atoms with Crippen LogP contribution in [0.3, 0.4) is 0 Å². The topological polar surface area (TPSA) is 84.0 Å². The number of carbonyl (C=O) groups is 2. The number of esters is 1. The van der Waals surface area contributed by atoms with Crippen molar-refractivity contribution in [1.82, 2.24) is 9.21 Å². The Morgan fingerprint density at radius 3 is 2.74 bits per heavy atom. The van der Waals surface area contributed by atoms with Crippen molar-refractivity contribution in [2.24, 2.45) is 5.92 Å². The fourth-order valence-corrected chi connectivity index (χ4v) is 4.00. The summed E-state index contributed by atoms with van der Waals surface area (Å²) in [6.45, 7) is 1.99. The zero-order valence-corrected chi connectivity index (χ0v) is 14.5. The highest BCUT2D eigenvalue weighted by molar-refractivity contribution is 7.88. The second-order valence-corrected chi connectivity index (χ2v) is 8.30. The van der Waals surface area contributed by atoms with E-state index < -0.39 is 15.9 Å². The Morgan fingerprint density at radius 1 is 1.22 bits per heavy atom. The smallest absolute Gasteiger partial charge is 0.310 e. The van der Waals surface area contributed by atoms with Crippen LogP contribution in [0.5, 0.6) is 0 Å². The molecule has 0 saturated carbocycles. The molecule has 0 N–H and O–H groups in total. The van der Waals surface area contributed by atoms with Gasteiger partial charge >= 0.3 is 5.97 Å². The van der Waals surface area contributed by atoms with E-state index in [0.717, 1.165) is 32.1 Å². The molecule has 2 rings (SSSR count). The third kappa shape index (κ3) is 5.46. The van der Waals surface area contributed by atoms with Gasteiger partial charge in [-0.3, -0.25) is 9.59 Å². The first-order valence-electron chi connectivity index (χ1n) is 8.27. The van der Waals surface area contributed by atoms with Crippen LogP contribution in [0.2, 0.25) is 0 Å². The van der Waals surface area contributed by atoms with Crippen LogP contribution in [0, 0.1) is 5.92 Å². The van der Waals surface area contributed by atoms with Crippen LogP contribution in [0.4, 0.5) is 0 Å². The quantitative estimate of drug-likeness (QED) is 0.681. The molecule has 0 spiro atoms. The van der Waals surface area contributed by atoms with Gasteiger partial charge in [-0.25, -0.2) is 12.7 Å². The maximum atomic E-state index is 12.1. The molecule has 0 aliphatic carbocycles. The molecule has 7 nitrogen and oxygen atoms in total. The highest BCUT2D eigenvalue weighted by Crippen LogP contribution is 2.20. The highest BCUT2D eigenvalue weighted by atomic mass is 32.2. The summed E-state index contributed by atoms with van der Waals surface area (Å²) < 4.78 is 29.8. The lowest BCUT2D eigenvalue weighted by Crippen LogP contribution is -2.42. The number of rotatable bonds is 5. The molecule has 2 fully saturated rings. The van der Waals surface area contributed by atoms with Crippen LogP contribution in [0.25, 0.3) is 0 Å². The normalized spacial score (nSPS) is 24.3. The zero-order chi connectivity index (χ0) is 16.9. The monoisotopic (exact) mass is 346 g/mol. The summed E-state index contributed by atoms with van der Waals surface area (Å²) >= 11 is 0. The molecule has 0 aromatic carbocycles. The molecule has 132 valence electrons. The molecule has 0 unspecified atom stereocenters. The van der Waals surface area contributed by atoms with E-state index in [1.807, 2.05) is 0 Å². The summed E-state index contributed by atoms with van der Waals surface area (Å²) in [5.74, 6) is -0.640. The number of likely N-dealkylation sites (tertiary alicyclic amines) is 1. The van der Waals surface area contributed by atoms with Crippen molar-refractivity contribution in [3.63, 3.8) is 0 Å². The van der Waals surface area contributed by atoms with Gasteiger partial charge in [-0.15, -0.1) is 0 Å². The maximum Gasteiger partial charge on any atom is 0.310 e. The van der Waals surface area contributed by atoms with Gasteiger partial charge in [0, 0.05) is 26.1 Å². The Morgan fingerprint density at radius 2 is 2.00 bits per heavy atom. The summed E-state index contributed by atoms with van der Waals surface area (Å²) in [4.78, 5) is 25.7. The maximum absolute atomic E-state index is 12.1. The molecule has 23 heavy (non-hydrogen) atoms. The molecule has 2 aliphatic rings. The minimum Gasteiger partial charge on any atom is -0.464 e. The second kappa shape index (κ2) is 8.10. The van der Waals surface area contributed by atoms with E-state index in [-0.39, 0.29) is 25.0 Å². The Kier molecular flexibility index (Phi) is 6.41. The molecule has 2 heterocycles. The van der Waals surface area contributed by atoms with Gasteiger partial charge in [0.1, 0.15) is 6.61 Å². The first kappa shape index (κ1) is 18.2. The lowest BCUT2D eigenvalue weighted by molar-refractivity contribution is -0.151. The molecule has 1 atom stereocenters. The summed E-state index contributed by atoms with van der Waals surface area (Å²) in [6, 6.07) is 0. The van der Waals surface area contributed by atoms with Crippen molar-refractivity contribution in [2.45, 2.75) is 38.5 Å². The molecule has 0 aromatic heterocycles. The predicted octanol–water partition coefficient (Wildman–Crippen LogP) is 0.604. The second-order valence-electron chi connectivity index (χ2n) is 6.32. The van der Waals surface area contributed by atoms with Gasteiger partial charge in [-0.2, -0.15) is 0 Å². The molecular formula is C15H26N2O5S. The van der Waals surface area contributed by atoms with Crippen LogP contribution >= 0.6 is 0 Å². The SMILES string of the molecule is CS(=O)(=O)N1CCC[C@@H](C(=O)OCCN2CCCCCC2=O)C1. The number of carbonyl (C=O) groups excluding carboxylic acids is 2. The number of nitrogens with zero attached hydrogens (tertiary/aromatic N) is 2. The van der Waals surface area contributed by atoms with Gasteiger partial charge in [0.25, 0.3) is 0 Å². The molecule has 2 aliphatic heterocycles. The molecule has 0 bridgehead atoms. The first-order valence-corrected chi connectivity index (χ1v) is 10.1. The van der Waals surface area contributed by atoms with Crippen molar-refractivity contribution >= 4 is 21.9 Å². The number of sulfonamides is 1. The molecule has 0 radical (unpaired) electrons. The average Bonchev–Trinajstić information content (AvgIpc) is 2.71. The van der Waals surface area contributed by atoms with E-state index in [0.29, 0.717) is 32.4 Å². The summed E-state index contributed by atoms with van der Waals surface area (Å²) in [5.41, 5.74) is 0. The summed E-state index contributed by atoms with van der Waals surface area (Å²) in [5, 5.41) is 0. The Bertz CT molecular complexity index is 534. The van der Waals surface area contributed by atoms with Crippen LogP contribution < -0.4 is 0 Å². The van der Waals surface area contributed by atoms with Crippen molar-refractivity contribution in [1.29, 1.82) is 0 Å². The first-order chi connectivity index (χ1) is 10.9. The Balaban J connectivity index is 1.77. The lowest BCUT2D eigenvalue weighted by Gasteiger charge is -2.29. The third-order valence-corrected chi connectivity index (χ3v) is 5.73. The van der Waals surface area contributed by atoms with Crippen molar-refractivity contribution < 1.29 is 22.7 Å². The van der Waals surface area contributed by atoms with E-state index in [4.69, 9.17) is 4.74 Å². The number of piperidine rings is 1. The minimum atomic E-state index is -3.27. The molecular weight excluding hydrogens is 320 g/mol. The molecule has 0 aromatic rings. The van der Waals surface area contributed by atoms with Crippen LogP contribution in [-0.4, -0.2) is 68.5 Å². The van der Waals surface area contributed by atoms with E-state index in [9.17, 15) is 18.0 Å². The number of hydrogen-bond donors (Lipinski definition) is 0. The zero-order valence-electron chi connectivity index (χ0n) is 13.7. The summed E-state index contributed by atoms with van der Waals surface area (Å²) in [6.07, 6.45) is 6.02. The van der Waals surface area contributed by atoms with E-state index >= 15 is 0 Å². The highest BCUT2D eigenvalue weighted by Gasteiger charge is 2.31. The van der Waals surface area contributed by atoms with Crippen LogP contribution in [0.15, 0.2) is 0 Å². The molecule has 8 heteroatoms. The fraction of sp³-hybridized carbons (Fsp3) is 0.867. The van der Waals surface area contributed by atoms with Gasteiger partial charge in [0.15, 0.2) is 0 Å². The van der Waals surface area contributed by atoms with E-state index in [2.05, 4.69) is 0 Å². The van der Waals surface area contributed by atoms with E-state index in [1.165, 1.54) is 4.31 Å². The van der Waals surface area contributed by atoms with Gasteiger partial charge in [-0.05, 0) is 25.7 Å². The Hall–Kier alpha value is -1.15.